The lowest BCUT2D eigenvalue weighted by Crippen LogP contribution is -2.46. The standard InChI is InChI=1S/C28H30N2O3.C27H27FN2O3.C23H23ClN2O3S/c1-20-5-2-3-8-25(20)33-23-7-4-6-21(15-23)17-27(31)30-13-11-28(12-14-30)19-32-26-10-9-22(18-29)16-24(26)28;28-23-6-1-2-7-25(23)33-21-5-3-4-19(14-21)16-26(31)30-12-10-27(11-13-30)18-32-24-9-8-20(17-29)15-22(24)27;1-28-15-3-4-16-19(11-15)30-21(20(16)24)22(27)26-8-6-23(7-9-26)13-29-18-5-2-14(12-25)10-17(18)23/h2-10,15-16H,11-14,17-19,29H2,1H3;1-9,14-15H,10-13,16-18,29H2;2-5,10-11H,6-9,12-13,25H2,1H3. The van der Waals surface area contributed by atoms with Gasteiger partial charge < -0.3 is 60.3 Å². The van der Waals surface area contributed by atoms with Crippen LogP contribution >= 0.6 is 22.9 Å². The Morgan fingerprint density at radius 2 is 0.938 bits per heavy atom. The van der Waals surface area contributed by atoms with E-state index >= 15 is 0 Å². The number of piperidine rings is 3. The number of benzene rings is 8. The Hall–Kier alpha value is -8.97. The molecule has 0 unspecified atom stereocenters. The number of para-hydroxylation sites is 2. The number of carbonyl (C=O) groups is 3. The van der Waals surface area contributed by atoms with Gasteiger partial charge >= 0.3 is 0 Å². The number of amides is 3. The zero-order valence-electron chi connectivity index (χ0n) is 54.2. The van der Waals surface area contributed by atoms with E-state index in [2.05, 4.69) is 18.2 Å². The zero-order chi connectivity index (χ0) is 66.6. The number of ether oxygens (including phenoxy) is 6. The fourth-order valence-electron chi connectivity index (χ4n) is 14.3. The molecule has 3 spiro atoms. The van der Waals surface area contributed by atoms with Gasteiger partial charge in [-0.05, 0) is 158 Å². The molecule has 0 atom stereocenters. The highest BCUT2D eigenvalue weighted by molar-refractivity contribution is 7.21. The number of likely N-dealkylation sites (tertiary alicyclic amines) is 3. The molecule has 0 bridgehead atoms. The second-order valence-corrected chi connectivity index (χ2v) is 27.5. The third-order valence-electron chi connectivity index (χ3n) is 20.1. The molecule has 0 radical (unpaired) electrons. The van der Waals surface area contributed by atoms with Crippen molar-refractivity contribution in [1.82, 2.24) is 14.7 Å². The van der Waals surface area contributed by atoms with E-state index in [1.807, 2.05) is 137 Å². The highest BCUT2D eigenvalue weighted by Crippen LogP contribution is 2.49. The van der Waals surface area contributed by atoms with Crippen LogP contribution in [-0.4, -0.2) is 98.6 Å². The quantitative estimate of drug-likeness (QED) is 0.0990. The average Bonchev–Trinajstić information content (AvgIpc) is 1.59. The summed E-state index contributed by atoms with van der Waals surface area (Å²) in [5.74, 6) is 5.72. The van der Waals surface area contributed by atoms with Gasteiger partial charge in [0.25, 0.3) is 5.91 Å². The molecule has 15 nitrogen and oxygen atoms in total. The smallest absolute Gasteiger partial charge is 0.265 e. The fraction of sp³-hybridized carbons (Fsp3) is 0.321. The third kappa shape index (κ3) is 13.7. The Balaban J connectivity index is 0.000000130. The van der Waals surface area contributed by atoms with Crippen LogP contribution in [0.15, 0.2) is 170 Å². The van der Waals surface area contributed by atoms with Crippen molar-refractivity contribution >= 4 is 50.7 Å². The van der Waals surface area contributed by atoms with Gasteiger partial charge in [0.2, 0.25) is 11.8 Å². The molecule has 1 aromatic heterocycles. The molecule has 3 amide bonds. The molecule has 3 saturated heterocycles. The summed E-state index contributed by atoms with van der Waals surface area (Å²) in [7, 11) is 1.63. The number of hydrogen-bond acceptors (Lipinski definition) is 13. The van der Waals surface area contributed by atoms with Gasteiger partial charge in [0, 0.05) is 102 Å². The normalized spacial score (nSPS) is 16.6. The van der Waals surface area contributed by atoms with E-state index in [0.717, 1.165) is 130 Å². The first-order valence-electron chi connectivity index (χ1n) is 33.0. The van der Waals surface area contributed by atoms with E-state index < -0.39 is 5.82 Å². The lowest BCUT2D eigenvalue weighted by atomic mass is 9.74. The van der Waals surface area contributed by atoms with Crippen molar-refractivity contribution in [2.24, 2.45) is 17.2 Å². The molecule has 6 N–H and O–H groups in total. The largest absolute Gasteiger partial charge is 0.497 e. The van der Waals surface area contributed by atoms with E-state index in [1.54, 1.807) is 37.4 Å². The van der Waals surface area contributed by atoms with Crippen LogP contribution in [0.25, 0.3) is 10.1 Å². The maximum absolute atomic E-state index is 13.9. The number of rotatable bonds is 13. The molecule has 8 aromatic carbocycles. The zero-order valence-corrected chi connectivity index (χ0v) is 55.8. The van der Waals surface area contributed by atoms with Gasteiger partial charge in [0.15, 0.2) is 11.6 Å². The van der Waals surface area contributed by atoms with Crippen molar-refractivity contribution in [3.05, 3.63) is 236 Å². The topological polar surface area (TPSA) is 194 Å². The Kier molecular flexibility index (Phi) is 19.4. The molecule has 496 valence electrons. The van der Waals surface area contributed by atoms with Crippen molar-refractivity contribution in [3.63, 3.8) is 0 Å². The molecule has 3 fully saturated rings. The lowest BCUT2D eigenvalue weighted by Gasteiger charge is -2.38. The third-order valence-corrected chi connectivity index (χ3v) is 21.8. The van der Waals surface area contributed by atoms with Crippen LogP contribution in [0.3, 0.4) is 0 Å². The number of aryl methyl sites for hydroxylation is 1. The van der Waals surface area contributed by atoms with Crippen molar-refractivity contribution in [2.45, 2.75) is 94.2 Å². The Morgan fingerprint density at radius 3 is 1.39 bits per heavy atom. The van der Waals surface area contributed by atoms with Crippen molar-refractivity contribution in [3.8, 4) is 46.0 Å². The maximum atomic E-state index is 13.9. The molecule has 6 aliphatic rings. The predicted molar refractivity (Wildman–Crippen MR) is 373 cm³/mol. The van der Waals surface area contributed by atoms with Crippen molar-refractivity contribution < 1.29 is 47.2 Å². The summed E-state index contributed by atoms with van der Waals surface area (Å²) >= 11 is 8.01. The summed E-state index contributed by atoms with van der Waals surface area (Å²) < 4.78 is 49.8. The maximum Gasteiger partial charge on any atom is 0.265 e. The number of nitrogens with zero attached hydrogens (tertiary/aromatic N) is 3. The minimum atomic E-state index is -0.419. The van der Waals surface area contributed by atoms with E-state index in [9.17, 15) is 18.8 Å². The first-order chi connectivity index (χ1) is 46.7. The van der Waals surface area contributed by atoms with E-state index in [4.69, 9.17) is 57.2 Å². The van der Waals surface area contributed by atoms with Gasteiger partial charge in [0.05, 0.1) is 44.8 Å². The van der Waals surface area contributed by atoms with Gasteiger partial charge in [-0.1, -0.05) is 103 Å². The van der Waals surface area contributed by atoms with Gasteiger partial charge in [-0.3, -0.25) is 14.4 Å². The summed E-state index contributed by atoms with van der Waals surface area (Å²) in [6.45, 7) is 9.84. The van der Waals surface area contributed by atoms with E-state index in [-0.39, 0.29) is 46.1 Å². The number of nitrogens with two attached hydrogens (primary N) is 3. The number of methoxy groups -OCH3 is 1. The molecular formula is C78H80ClFN6O9S. The number of fused-ring (bicyclic) bond motifs is 7. The summed E-state index contributed by atoms with van der Waals surface area (Å²) in [4.78, 5) is 45.8. The van der Waals surface area contributed by atoms with Crippen molar-refractivity contribution in [2.75, 3.05) is 66.2 Å². The Labute approximate surface area is 568 Å². The molecule has 96 heavy (non-hydrogen) atoms. The SMILES string of the molecule is COc1ccc2c(Cl)c(C(=O)N3CCC4(CC3)COc3ccc(CN)cc34)sc2c1.Cc1ccccc1Oc1cccc(CC(=O)N2CCC3(CC2)COc2ccc(CN)cc23)c1.NCc1ccc2c(c1)C1(CCN(C(=O)Cc3cccc(Oc4ccccc4F)c3)CC1)CO2. The minimum absolute atomic E-state index is 0.00140. The monoisotopic (exact) mass is 1330 g/mol. The summed E-state index contributed by atoms with van der Waals surface area (Å²) in [6.07, 6.45) is 5.97. The van der Waals surface area contributed by atoms with Crippen LogP contribution in [0.2, 0.25) is 5.02 Å². The summed E-state index contributed by atoms with van der Waals surface area (Å²) in [5, 5.41) is 1.43. The van der Waals surface area contributed by atoms with E-state index in [1.165, 1.54) is 34.1 Å². The Morgan fingerprint density at radius 1 is 0.500 bits per heavy atom. The van der Waals surface area contributed by atoms with Crippen LogP contribution in [-0.2, 0) is 58.3 Å². The van der Waals surface area contributed by atoms with Gasteiger partial charge in [-0.25, -0.2) is 4.39 Å². The molecule has 7 heterocycles. The lowest BCUT2D eigenvalue weighted by molar-refractivity contribution is -0.133. The minimum Gasteiger partial charge on any atom is -0.497 e. The highest BCUT2D eigenvalue weighted by atomic mass is 35.5. The first kappa shape index (κ1) is 65.7. The number of hydrogen-bond donors (Lipinski definition) is 3. The van der Waals surface area contributed by atoms with E-state index in [0.29, 0.717) is 87.7 Å². The van der Waals surface area contributed by atoms with Crippen LogP contribution < -0.4 is 45.6 Å². The highest BCUT2D eigenvalue weighted by Gasteiger charge is 2.47. The number of halogens is 2. The molecule has 0 saturated carbocycles. The second kappa shape index (κ2) is 28.4. The second-order valence-electron chi connectivity index (χ2n) is 26.0. The molecule has 0 aliphatic carbocycles. The first-order valence-corrected chi connectivity index (χ1v) is 34.2. The van der Waals surface area contributed by atoms with Crippen LogP contribution in [0, 0.1) is 12.7 Å². The summed E-state index contributed by atoms with van der Waals surface area (Å²) in [5.41, 5.74) is 27.4. The van der Waals surface area contributed by atoms with Gasteiger partial charge in [-0.15, -0.1) is 11.3 Å². The van der Waals surface area contributed by atoms with Crippen LogP contribution in [0.4, 0.5) is 4.39 Å². The van der Waals surface area contributed by atoms with Crippen LogP contribution in [0.1, 0.15) is 98.3 Å². The van der Waals surface area contributed by atoms with Crippen LogP contribution in [0.5, 0.6) is 46.0 Å². The predicted octanol–water partition coefficient (Wildman–Crippen LogP) is 13.9. The van der Waals surface area contributed by atoms with Gasteiger partial charge in [0.1, 0.15) is 45.1 Å². The molecule has 6 aliphatic heterocycles. The number of carbonyl (C=O) groups excluding carboxylic acids is 3. The number of thiophene rings is 1. The van der Waals surface area contributed by atoms with Gasteiger partial charge in [-0.2, -0.15) is 0 Å². The molecular weight excluding hydrogens is 1250 g/mol. The Bertz CT molecular complexity index is 4160. The molecule has 9 aromatic rings. The fourth-order valence-corrected chi connectivity index (χ4v) is 15.8. The summed E-state index contributed by atoms with van der Waals surface area (Å²) in [6, 6.07) is 53.7. The molecule has 15 rings (SSSR count). The molecule has 18 heteroatoms. The average molecular weight is 1330 g/mol. The van der Waals surface area contributed by atoms with Crippen molar-refractivity contribution in [1.29, 1.82) is 0 Å².